The Balaban J connectivity index is 0.00000128. The third-order valence-electron chi connectivity index (χ3n) is 2.24. The van der Waals surface area contributed by atoms with E-state index < -0.39 is 6.10 Å². The fourth-order valence-corrected chi connectivity index (χ4v) is 1.73. The zero-order chi connectivity index (χ0) is 10.8. The van der Waals surface area contributed by atoms with Crippen LogP contribution in [-0.2, 0) is 10.1 Å². The first-order valence-electron chi connectivity index (χ1n) is 4.77. The van der Waals surface area contributed by atoms with Gasteiger partial charge in [-0.25, -0.2) is 4.98 Å². The summed E-state index contributed by atoms with van der Waals surface area (Å²) < 4.78 is 5.45. The summed E-state index contributed by atoms with van der Waals surface area (Å²) in [5, 5.41) is 3.50. The number of hydrogen-bond donors (Lipinski definition) is 1. The van der Waals surface area contributed by atoms with Gasteiger partial charge >= 0.3 is 0 Å². The third kappa shape index (κ3) is 2.55. The number of anilines is 1. The highest BCUT2D eigenvalue weighted by atomic mass is 79.9. The second kappa shape index (κ2) is 5.63. The van der Waals surface area contributed by atoms with Crippen LogP contribution in [0.4, 0.5) is 5.69 Å². The minimum Gasteiger partial charge on any atom is -0.463 e. The van der Waals surface area contributed by atoms with E-state index in [4.69, 9.17) is 4.74 Å². The molecule has 4 nitrogen and oxygen atoms in total. The average Bonchev–Trinajstić information content (AvgIpc) is 2.27. The van der Waals surface area contributed by atoms with E-state index in [-0.39, 0.29) is 22.9 Å². The molecule has 16 heavy (non-hydrogen) atoms. The molecular weight excluding hydrogens is 340 g/mol. The number of ether oxygens (including phenoxy) is 1. The summed E-state index contributed by atoms with van der Waals surface area (Å²) in [5.41, 5.74) is 1.66. The van der Waals surface area contributed by atoms with Crippen LogP contribution >= 0.6 is 32.9 Å². The normalized spacial score (nSPS) is 17.9. The summed E-state index contributed by atoms with van der Waals surface area (Å²) in [6.07, 6.45) is 1.96. The molecule has 1 unspecified atom stereocenters. The number of alkyl halides is 1. The topological polar surface area (TPSA) is 51.2 Å². The first kappa shape index (κ1) is 13.4. The Morgan fingerprint density at radius 1 is 1.62 bits per heavy atom. The summed E-state index contributed by atoms with van der Waals surface area (Å²) in [4.78, 5) is 15.7. The van der Waals surface area contributed by atoms with Crippen LogP contribution < -0.4 is 10.1 Å². The number of fused-ring (bicyclic) bond motifs is 1. The molecule has 88 valence electrons. The van der Waals surface area contributed by atoms with Crippen molar-refractivity contribution in [3.8, 4) is 5.88 Å². The minimum absolute atomic E-state index is 0. The zero-order valence-corrected chi connectivity index (χ0v) is 12.0. The van der Waals surface area contributed by atoms with Crippen LogP contribution in [0.5, 0.6) is 5.88 Å². The highest BCUT2D eigenvalue weighted by Crippen LogP contribution is 2.28. The van der Waals surface area contributed by atoms with Gasteiger partial charge in [0.25, 0.3) is 5.91 Å². The first-order valence-corrected chi connectivity index (χ1v) is 5.89. The van der Waals surface area contributed by atoms with E-state index in [9.17, 15) is 4.79 Å². The lowest BCUT2D eigenvalue weighted by Crippen LogP contribution is -2.36. The van der Waals surface area contributed by atoms with Crippen molar-refractivity contribution < 1.29 is 9.53 Å². The van der Waals surface area contributed by atoms with Gasteiger partial charge in [0, 0.05) is 11.5 Å². The van der Waals surface area contributed by atoms with Gasteiger partial charge in [0.05, 0.1) is 0 Å². The van der Waals surface area contributed by atoms with Crippen molar-refractivity contribution in [1.29, 1.82) is 0 Å². The predicted octanol–water partition coefficient (Wildman–Crippen LogP) is 2.66. The van der Waals surface area contributed by atoms with Crippen LogP contribution in [0, 0.1) is 0 Å². The lowest BCUT2D eigenvalue weighted by Gasteiger charge is -2.24. The fraction of sp³-hybridized carbons (Fsp3) is 0.400. The molecule has 0 saturated carbocycles. The third-order valence-corrected chi connectivity index (χ3v) is 2.88. The van der Waals surface area contributed by atoms with Gasteiger partial charge in [-0.3, -0.25) is 4.79 Å². The number of rotatable bonds is 2. The summed E-state index contributed by atoms with van der Waals surface area (Å²) in [5.74, 6) is 0.407. The van der Waals surface area contributed by atoms with E-state index in [1.165, 1.54) is 0 Å². The van der Waals surface area contributed by atoms with Crippen molar-refractivity contribution in [3.63, 3.8) is 0 Å². The van der Waals surface area contributed by atoms with E-state index in [1.807, 2.05) is 13.0 Å². The maximum Gasteiger partial charge on any atom is 0.265 e. The molecule has 0 fully saturated rings. The van der Waals surface area contributed by atoms with Crippen LogP contribution in [-0.4, -0.2) is 17.0 Å². The Bertz CT molecular complexity index is 398. The lowest BCUT2D eigenvalue weighted by molar-refractivity contribution is -0.123. The highest BCUT2D eigenvalue weighted by Gasteiger charge is 2.26. The Morgan fingerprint density at radius 2 is 2.38 bits per heavy atom. The predicted molar refractivity (Wildman–Crippen MR) is 70.5 cm³/mol. The number of nitrogens with one attached hydrogen (secondary N) is 1. The molecule has 1 aromatic heterocycles. The van der Waals surface area contributed by atoms with Gasteiger partial charge in [0.15, 0.2) is 6.10 Å². The van der Waals surface area contributed by atoms with Crippen molar-refractivity contribution in [2.24, 2.45) is 0 Å². The summed E-state index contributed by atoms with van der Waals surface area (Å²) in [6.45, 7) is 1.90. The van der Waals surface area contributed by atoms with Crippen LogP contribution in [0.2, 0.25) is 0 Å². The molecule has 1 amide bonds. The molecule has 1 atom stereocenters. The summed E-state index contributed by atoms with van der Waals surface area (Å²) >= 11 is 3.33. The van der Waals surface area contributed by atoms with Crippen molar-refractivity contribution in [3.05, 3.63) is 17.8 Å². The Kier molecular flexibility index (Phi) is 4.73. The van der Waals surface area contributed by atoms with Crippen LogP contribution in [0.15, 0.2) is 12.3 Å². The molecule has 2 heterocycles. The highest BCUT2D eigenvalue weighted by molar-refractivity contribution is 9.08. The fourth-order valence-electron chi connectivity index (χ4n) is 1.42. The van der Waals surface area contributed by atoms with E-state index >= 15 is 0 Å². The number of amides is 1. The molecule has 1 N–H and O–H groups in total. The van der Waals surface area contributed by atoms with E-state index in [0.29, 0.717) is 23.3 Å². The largest absolute Gasteiger partial charge is 0.463 e. The molecular formula is C10H12Br2N2O2. The van der Waals surface area contributed by atoms with Crippen molar-refractivity contribution in [1.82, 2.24) is 4.98 Å². The number of halogens is 2. The summed E-state index contributed by atoms with van der Waals surface area (Å²) in [7, 11) is 0. The van der Waals surface area contributed by atoms with Gasteiger partial charge in [0.1, 0.15) is 5.69 Å². The number of aromatic nitrogens is 1. The molecule has 0 aromatic carbocycles. The standard InChI is InChI=1S/C10H11BrN2O2.BrH/c1-2-8-9(14)13-7-3-6(4-11)5-12-10(7)15-8;/h3,5,8H,2,4H2,1H3,(H,13,14);1H. The number of carbonyl (C=O) groups is 1. The molecule has 1 aliphatic rings. The van der Waals surface area contributed by atoms with E-state index in [2.05, 4.69) is 26.2 Å². The monoisotopic (exact) mass is 350 g/mol. The van der Waals surface area contributed by atoms with Gasteiger partial charge < -0.3 is 10.1 Å². The van der Waals surface area contributed by atoms with Gasteiger partial charge in [-0.15, -0.1) is 17.0 Å². The molecule has 0 bridgehead atoms. The molecule has 1 aromatic rings. The van der Waals surface area contributed by atoms with Crippen LogP contribution in [0.1, 0.15) is 18.9 Å². The number of carbonyl (C=O) groups excluding carboxylic acids is 1. The molecule has 0 saturated heterocycles. The van der Waals surface area contributed by atoms with Crippen molar-refractivity contribution in [2.75, 3.05) is 5.32 Å². The zero-order valence-electron chi connectivity index (χ0n) is 8.70. The Hall–Kier alpha value is -0.620. The average molecular weight is 352 g/mol. The van der Waals surface area contributed by atoms with Crippen LogP contribution in [0.3, 0.4) is 0 Å². The minimum atomic E-state index is -0.417. The number of pyridine rings is 1. The lowest BCUT2D eigenvalue weighted by atomic mass is 10.2. The van der Waals surface area contributed by atoms with Crippen LogP contribution in [0.25, 0.3) is 0 Å². The molecule has 1 aliphatic heterocycles. The molecule has 6 heteroatoms. The van der Waals surface area contributed by atoms with Gasteiger partial charge in [-0.1, -0.05) is 22.9 Å². The Morgan fingerprint density at radius 3 is 3.00 bits per heavy atom. The first-order chi connectivity index (χ1) is 7.24. The van der Waals surface area contributed by atoms with Crippen molar-refractivity contribution in [2.45, 2.75) is 24.8 Å². The van der Waals surface area contributed by atoms with E-state index in [0.717, 1.165) is 5.56 Å². The quantitative estimate of drug-likeness (QED) is 0.833. The Labute approximate surface area is 113 Å². The molecule has 2 rings (SSSR count). The number of hydrogen-bond acceptors (Lipinski definition) is 3. The second-order valence-electron chi connectivity index (χ2n) is 3.33. The van der Waals surface area contributed by atoms with Gasteiger partial charge in [-0.2, -0.15) is 0 Å². The SMILES string of the molecule is Br.CCC1Oc2ncc(CBr)cc2NC1=O. The van der Waals surface area contributed by atoms with Gasteiger partial charge in [-0.05, 0) is 18.1 Å². The molecule has 0 radical (unpaired) electrons. The second-order valence-corrected chi connectivity index (χ2v) is 3.89. The number of nitrogens with zero attached hydrogens (tertiary/aromatic N) is 1. The van der Waals surface area contributed by atoms with E-state index in [1.54, 1.807) is 6.20 Å². The summed E-state index contributed by atoms with van der Waals surface area (Å²) in [6, 6.07) is 1.86. The van der Waals surface area contributed by atoms with Gasteiger partial charge in [0.2, 0.25) is 5.88 Å². The maximum atomic E-state index is 11.5. The maximum absolute atomic E-state index is 11.5. The molecule has 0 spiro atoms. The molecule has 0 aliphatic carbocycles. The van der Waals surface area contributed by atoms with Crippen molar-refractivity contribution >= 4 is 44.5 Å². The smallest absolute Gasteiger partial charge is 0.265 e.